The van der Waals surface area contributed by atoms with Crippen molar-refractivity contribution in [1.82, 2.24) is 4.98 Å². The molecule has 1 aromatic carbocycles. The normalized spacial score (nSPS) is 10.0. The van der Waals surface area contributed by atoms with Gasteiger partial charge in [0.25, 0.3) is 0 Å². The summed E-state index contributed by atoms with van der Waals surface area (Å²) in [5, 5.41) is 3.02. The van der Waals surface area contributed by atoms with Gasteiger partial charge in [0.05, 0.1) is 11.4 Å². The molecule has 0 saturated heterocycles. The summed E-state index contributed by atoms with van der Waals surface area (Å²) in [6, 6.07) is 10.0. The first kappa shape index (κ1) is 14.7. The first-order chi connectivity index (χ1) is 10.1. The van der Waals surface area contributed by atoms with Crippen molar-refractivity contribution in [2.45, 2.75) is 0 Å². The monoisotopic (exact) mass is 281 g/mol. The van der Waals surface area contributed by atoms with E-state index in [1.165, 1.54) is 0 Å². The third kappa shape index (κ3) is 2.91. The zero-order chi connectivity index (χ0) is 15.4. The minimum Gasteiger partial charge on any atom is -0.378 e. The lowest BCUT2D eigenvalue weighted by molar-refractivity contribution is 1.13. The zero-order valence-corrected chi connectivity index (χ0v) is 12.6. The van der Waals surface area contributed by atoms with Crippen molar-refractivity contribution in [2.75, 3.05) is 31.4 Å². The van der Waals surface area contributed by atoms with E-state index in [4.69, 9.17) is 0 Å². The Morgan fingerprint density at radius 1 is 1.10 bits per heavy atom. The number of anilines is 2. The van der Waals surface area contributed by atoms with Crippen LogP contribution in [0.25, 0.3) is 11.3 Å². The van der Waals surface area contributed by atoms with Crippen LogP contribution in [-0.4, -0.2) is 39.6 Å². The molecule has 1 N–H and O–H groups in total. The van der Waals surface area contributed by atoms with Gasteiger partial charge in [-0.1, -0.05) is 12.1 Å². The van der Waals surface area contributed by atoms with Gasteiger partial charge in [-0.15, -0.1) is 0 Å². The van der Waals surface area contributed by atoms with Crippen molar-refractivity contribution in [3.63, 3.8) is 0 Å². The van der Waals surface area contributed by atoms with E-state index in [0.29, 0.717) is 17.2 Å². The fourth-order valence-electron chi connectivity index (χ4n) is 2.05. The van der Waals surface area contributed by atoms with Gasteiger partial charge < -0.3 is 10.2 Å². The highest BCUT2D eigenvalue weighted by atomic mass is 15.1. The molecule has 5 nitrogen and oxygen atoms in total. The van der Waals surface area contributed by atoms with Crippen LogP contribution >= 0.6 is 0 Å². The molecule has 0 radical (unpaired) electrons. The summed E-state index contributed by atoms with van der Waals surface area (Å²) in [4.78, 5) is 14.6. The molecule has 0 fully saturated rings. The molecule has 0 bridgehead atoms. The van der Waals surface area contributed by atoms with E-state index < -0.39 is 0 Å². The Morgan fingerprint density at radius 2 is 1.76 bits per heavy atom. The Labute approximate surface area is 125 Å². The van der Waals surface area contributed by atoms with E-state index in [0.717, 1.165) is 16.9 Å². The number of hydrogen-bond donors (Lipinski definition) is 1. The van der Waals surface area contributed by atoms with E-state index in [2.05, 4.69) is 50.8 Å². The van der Waals surface area contributed by atoms with Crippen LogP contribution in [0.4, 0.5) is 22.9 Å². The number of rotatable bonds is 5. The van der Waals surface area contributed by atoms with Crippen molar-refractivity contribution in [3.8, 4) is 11.3 Å². The predicted molar refractivity (Wildman–Crippen MR) is 92.0 cm³/mol. The summed E-state index contributed by atoms with van der Waals surface area (Å²) in [7, 11) is 5.82. The maximum Gasteiger partial charge on any atom is 0.154 e. The first-order valence-electron chi connectivity index (χ1n) is 6.54. The van der Waals surface area contributed by atoms with Crippen LogP contribution in [0.5, 0.6) is 0 Å². The van der Waals surface area contributed by atoms with E-state index in [1.807, 2.05) is 32.3 Å². The molecule has 2 rings (SSSR count). The van der Waals surface area contributed by atoms with Crippen molar-refractivity contribution in [2.24, 2.45) is 9.98 Å². The molecule has 0 spiro atoms. The third-order valence-electron chi connectivity index (χ3n) is 3.22. The number of aliphatic imine (C=N–C) groups is 2. The molecule has 1 heterocycles. The zero-order valence-electron chi connectivity index (χ0n) is 12.6. The fourth-order valence-corrected chi connectivity index (χ4v) is 2.05. The van der Waals surface area contributed by atoms with Crippen molar-refractivity contribution in [3.05, 3.63) is 30.3 Å². The molecule has 0 saturated carbocycles. The standard InChI is InChI=1S/C16H19N5/c1-17-14-10-13(20-16(19-3)15(14)18-2)11-6-8-12(9-7-11)21(4)5/h6-10H,1-2H2,3-5H3,(H,19,20). The van der Waals surface area contributed by atoms with Gasteiger partial charge in [0.1, 0.15) is 5.69 Å². The van der Waals surface area contributed by atoms with Crippen LogP contribution in [0.3, 0.4) is 0 Å². The average molecular weight is 281 g/mol. The van der Waals surface area contributed by atoms with E-state index in [-0.39, 0.29) is 0 Å². The van der Waals surface area contributed by atoms with Crippen LogP contribution < -0.4 is 10.2 Å². The van der Waals surface area contributed by atoms with Crippen LogP contribution in [0, 0.1) is 0 Å². The molecule has 5 heteroatoms. The van der Waals surface area contributed by atoms with Crippen LogP contribution in [0.1, 0.15) is 0 Å². The summed E-state index contributed by atoms with van der Waals surface area (Å²) < 4.78 is 0. The van der Waals surface area contributed by atoms with Crippen LogP contribution in [-0.2, 0) is 0 Å². The quantitative estimate of drug-likeness (QED) is 0.853. The molecule has 0 unspecified atom stereocenters. The molecular formula is C16H19N5. The van der Waals surface area contributed by atoms with Gasteiger partial charge in [-0.25, -0.2) is 4.98 Å². The topological polar surface area (TPSA) is 52.9 Å². The fraction of sp³-hybridized carbons (Fsp3) is 0.188. The van der Waals surface area contributed by atoms with Gasteiger partial charge >= 0.3 is 0 Å². The van der Waals surface area contributed by atoms with Crippen molar-refractivity contribution >= 4 is 36.3 Å². The Morgan fingerprint density at radius 3 is 2.24 bits per heavy atom. The smallest absolute Gasteiger partial charge is 0.154 e. The minimum atomic E-state index is 0.612. The summed E-state index contributed by atoms with van der Waals surface area (Å²) in [5.41, 5.74) is 4.24. The lowest BCUT2D eigenvalue weighted by Crippen LogP contribution is -2.07. The molecule has 0 amide bonds. The molecule has 0 atom stereocenters. The van der Waals surface area contributed by atoms with Crippen molar-refractivity contribution in [1.29, 1.82) is 0 Å². The summed E-state index contributed by atoms with van der Waals surface area (Å²) in [5.74, 6) is 0.640. The van der Waals surface area contributed by atoms with Gasteiger partial charge in [0.15, 0.2) is 5.82 Å². The Hall–Kier alpha value is -2.69. The molecular weight excluding hydrogens is 262 g/mol. The maximum atomic E-state index is 4.57. The van der Waals surface area contributed by atoms with Crippen LogP contribution in [0.2, 0.25) is 0 Å². The summed E-state index contributed by atoms with van der Waals surface area (Å²) >= 11 is 0. The third-order valence-corrected chi connectivity index (χ3v) is 3.22. The summed E-state index contributed by atoms with van der Waals surface area (Å²) in [6.07, 6.45) is 0. The molecule has 0 aliphatic heterocycles. The van der Waals surface area contributed by atoms with Crippen LogP contribution in [0.15, 0.2) is 40.3 Å². The Kier molecular flexibility index (Phi) is 4.33. The largest absolute Gasteiger partial charge is 0.378 e. The highest BCUT2D eigenvalue weighted by molar-refractivity contribution is 5.82. The molecule has 1 aromatic heterocycles. The highest BCUT2D eigenvalue weighted by Crippen LogP contribution is 2.37. The van der Waals surface area contributed by atoms with E-state index >= 15 is 0 Å². The van der Waals surface area contributed by atoms with Gasteiger partial charge in [0.2, 0.25) is 0 Å². The van der Waals surface area contributed by atoms with E-state index in [1.54, 1.807) is 7.05 Å². The molecule has 21 heavy (non-hydrogen) atoms. The predicted octanol–water partition coefficient (Wildman–Crippen LogP) is 3.52. The SMILES string of the molecule is C=Nc1cc(-c2ccc(N(C)C)cc2)nc(NC)c1N=C. The van der Waals surface area contributed by atoms with Crippen molar-refractivity contribution < 1.29 is 0 Å². The van der Waals surface area contributed by atoms with E-state index in [9.17, 15) is 0 Å². The maximum absolute atomic E-state index is 4.57. The van der Waals surface area contributed by atoms with Gasteiger partial charge in [-0.3, -0.25) is 9.98 Å². The lowest BCUT2D eigenvalue weighted by Gasteiger charge is -2.13. The lowest BCUT2D eigenvalue weighted by atomic mass is 10.1. The first-order valence-corrected chi connectivity index (χ1v) is 6.54. The minimum absolute atomic E-state index is 0.612. The second kappa shape index (κ2) is 6.17. The van der Waals surface area contributed by atoms with Gasteiger partial charge in [-0.2, -0.15) is 0 Å². The summed E-state index contributed by atoms with van der Waals surface area (Å²) in [6.45, 7) is 7.15. The highest BCUT2D eigenvalue weighted by Gasteiger charge is 2.11. The molecule has 2 aromatic rings. The Bertz CT molecular complexity index is 659. The second-order valence-corrected chi connectivity index (χ2v) is 4.73. The number of nitrogens with one attached hydrogen (secondary N) is 1. The average Bonchev–Trinajstić information content (AvgIpc) is 2.53. The number of pyridine rings is 1. The second-order valence-electron chi connectivity index (χ2n) is 4.73. The van der Waals surface area contributed by atoms with Gasteiger partial charge in [0, 0.05) is 32.4 Å². The number of aromatic nitrogens is 1. The number of nitrogens with zero attached hydrogens (tertiary/aromatic N) is 4. The molecule has 0 aliphatic rings. The van der Waals surface area contributed by atoms with Gasteiger partial charge in [-0.05, 0) is 31.6 Å². The Balaban J connectivity index is 2.53. The number of benzene rings is 1. The number of hydrogen-bond acceptors (Lipinski definition) is 5. The molecule has 0 aliphatic carbocycles. The molecule has 108 valence electrons.